The second-order valence-electron chi connectivity index (χ2n) is 5.09. The van der Waals surface area contributed by atoms with Crippen LogP contribution in [0.25, 0.3) is 0 Å². The highest BCUT2D eigenvalue weighted by Crippen LogP contribution is 2.34. The van der Waals surface area contributed by atoms with Gasteiger partial charge in [-0.3, -0.25) is 14.8 Å². The van der Waals surface area contributed by atoms with Crippen molar-refractivity contribution in [2.24, 2.45) is 0 Å². The summed E-state index contributed by atoms with van der Waals surface area (Å²) in [5.74, 6) is 0.0573. The first-order chi connectivity index (χ1) is 9.16. The summed E-state index contributed by atoms with van der Waals surface area (Å²) >= 11 is 0. The molecule has 96 valence electrons. The minimum atomic E-state index is -0.0978. The van der Waals surface area contributed by atoms with Crippen LogP contribution in [0.15, 0.2) is 30.5 Å². The molecule has 0 radical (unpaired) electrons. The number of Topliss-reactive ketones (excluding diaryl/α,β-unsaturated/α-hetero) is 1. The van der Waals surface area contributed by atoms with Crippen molar-refractivity contribution in [3.63, 3.8) is 0 Å². The highest BCUT2D eigenvalue weighted by molar-refractivity contribution is 6.02. The zero-order valence-electron chi connectivity index (χ0n) is 11.2. The maximum Gasteiger partial charge on any atom is 0.173 e. The van der Waals surface area contributed by atoms with Crippen LogP contribution in [0.1, 0.15) is 45.3 Å². The molecule has 0 amide bonds. The Morgan fingerprint density at radius 1 is 1.26 bits per heavy atom. The summed E-state index contributed by atoms with van der Waals surface area (Å²) in [4.78, 5) is 21.4. The van der Waals surface area contributed by atoms with Crippen molar-refractivity contribution in [1.29, 1.82) is 0 Å². The molecule has 2 aromatic heterocycles. The first kappa shape index (κ1) is 12.0. The van der Waals surface area contributed by atoms with Crippen LogP contribution >= 0.6 is 0 Å². The lowest BCUT2D eigenvalue weighted by Gasteiger charge is -2.11. The van der Waals surface area contributed by atoms with Crippen molar-refractivity contribution in [2.45, 2.75) is 32.6 Å². The Morgan fingerprint density at radius 2 is 2.11 bits per heavy atom. The van der Waals surface area contributed by atoms with Crippen LogP contribution in [0.2, 0.25) is 0 Å². The molecule has 0 aromatic carbocycles. The van der Waals surface area contributed by atoms with Gasteiger partial charge in [0.15, 0.2) is 5.78 Å². The van der Waals surface area contributed by atoms with Gasteiger partial charge in [0.25, 0.3) is 0 Å². The Kier molecular flexibility index (Phi) is 2.90. The van der Waals surface area contributed by atoms with Crippen LogP contribution in [0.5, 0.6) is 0 Å². The lowest BCUT2D eigenvalue weighted by Crippen LogP contribution is -2.13. The maximum absolute atomic E-state index is 12.7. The average molecular weight is 252 g/mol. The van der Waals surface area contributed by atoms with Gasteiger partial charge in [0.1, 0.15) is 0 Å². The van der Waals surface area contributed by atoms with Crippen molar-refractivity contribution >= 4 is 5.78 Å². The highest BCUT2D eigenvalue weighted by Gasteiger charge is 2.31. The van der Waals surface area contributed by atoms with Crippen LogP contribution in [-0.2, 0) is 6.42 Å². The quantitative estimate of drug-likeness (QED) is 0.772. The van der Waals surface area contributed by atoms with E-state index in [-0.39, 0.29) is 11.7 Å². The third kappa shape index (κ3) is 2.05. The van der Waals surface area contributed by atoms with E-state index in [4.69, 9.17) is 0 Å². The van der Waals surface area contributed by atoms with E-state index in [2.05, 4.69) is 16.0 Å². The number of ketones is 1. The molecule has 0 fully saturated rings. The summed E-state index contributed by atoms with van der Waals surface area (Å²) in [6.45, 7) is 3.84. The normalized spacial score (nSPS) is 17.3. The fourth-order valence-electron chi connectivity index (χ4n) is 2.80. The SMILES string of the molecule is Cc1ccc(C(=O)C2CCc3cccnc32)c(C)n1. The van der Waals surface area contributed by atoms with Gasteiger partial charge in [-0.25, -0.2) is 0 Å². The van der Waals surface area contributed by atoms with Crippen molar-refractivity contribution in [1.82, 2.24) is 9.97 Å². The van der Waals surface area contributed by atoms with Crippen molar-refractivity contribution in [3.05, 3.63) is 58.7 Å². The molecular weight excluding hydrogens is 236 g/mol. The minimum absolute atomic E-state index is 0.0978. The summed E-state index contributed by atoms with van der Waals surface area (Å²) in [6.07, 6.45) is 3.57. The number of rotatable bonds is 2. The average Bonchev–Trinajstić information content (AvgIpc) is 2.82. The molecule has 0 N–H and O–H groups in total. The molecule has 0 saturated carbocycles. The molecule has 3 heteroatoms. The molecule has 3 rings (SSSR count). The molecule has 3 nitrogen and oxygen atoms in total. The van der Waals surface area contributed by atoms with E-state index in [1.54, 1.807) is 6.20 Å². The minimum Gasteiger partial charge on any atom is -0.293 e. The van der Waals surface area contributed by atoms with Crippen LogP contribution < -0.4 is 0 Å². The zero-order valence-corrected chi connectivity index (χ0v) is 11.2. The van der Waals surface area contributed by atoms with Crippen LogP contribution in [0.4, 0.5) is 0 Å². The summed E-state index contributed by atoms with van der Waals surface area (Å²) in [5.41, 5.74) is 4.65. The Balaban J connectivity index is 1.98. The highest BCUT2D eigenvalue weighted by atomic mass is 16.1. The van der Waals surface area contributed by atoms with E-state index < -0.39 is 0 Å². The van der Waals surface area contributed by atoms with Gasteiger partial charge in [-0.2, -0.15) is 0 Å². The number of hydrogen-bond acceptors (Lipinski definition) is 3. The number of fused-ring (bicyclic) bond motifs is 1. The fraction of sp³-hybridized carbons (Fsp3) is 0.312. The molecule has 0 aliphatic heterocycles. The second-order valence-corrected chi connectivity index (χ2v) is 5.09. The Labute approximate surface area is 112 Å². The van der Waals surface area contributed by atoms with Crippen LogP contribution in [0, 0.1) is 13.8 Å². The number of hydrogen-bond donors (Lipinski definition) is 0. The first-order valence-electron chi connectivity index (χ1n) is 6.59. The van der Waals surface area contributed by atoms with E-state index in [0.29, 0.717) is 0 Å². The Bertz CT molecular complexity index is 649. The first-order valence-corrected chi connectivity index (χ1v) is 6.59. The largest absolute Gasteiger partial charge is 0.293 e. The third-order valence-corrected chi connectivity index (χ3v) is 3.77. The van der Waals surface area contributed by atoms with E-state index >= 15 is 0 Å². The molecule has 0 spiro atoms. The van der Waals surface area contributed by atoms with Gasteiger partial charge in [-0.15, -0.1) is 0 Å². The molecule has 1 aliphatic rings. The number of pyridine rings is 2. The molecular formula is C16H16N2O. The Morgan fingerprint density at radius 3 is 2.89 bits per heavy atom. The summed E-state index contributed by atoms with van der Waals surface area (Å²) in [7, 11) is 0. The monoisotopic (exact) mass is 252 g/mol. The predicted molar refractivity (Wildman–Crippen MR) is 73.3 cm³/mol. The van der Waals surface area contributed by atoms with Crippen LogP contribution in [0.3, 0.4) is 0 Å². The smallest absolute Gasteiger partial charge is 0.173 e. The molecule has 2 aromatic rings. The Hall–Kier alpha value is -2.03. The number of carbonyl (C=O) groups is 1. The predicted octanol–water partition coefficient (Wildman–Crippen LogP) is 3.01. The molecule has 0 bridgehead atoms. The summed E-state index contributed by atoms with van der Waals surface area (Å²) in [5, 5.41) is 0. The van der Waals surface area contributed by atoms with E-state index in [1.165, 1.54) is 5.56 Å². The van der Waals surface area contributed by atoms with E-state index in [1.807, 2.05) is 32.0 Å². The lowest BCUT2D eigenvalue weighted by molar-refractivity contribution is 0.0957. The third-order valence-electron chi connectivity index (χ3n) is 3.77. The second kappa shape index (κ2) is 4.57. The molecule has 0 saturated heterocycles. The lowest BCUT2D eigenvalue weighted by atomic mass is 9.94. The summed E-state index contributed by atoms with van der Waals surface area (Å²) < 4.78 is 0. The van der Waals surface area contributed by atoms with Gasteiger partial charge < -0.3 is 0 Å². The maximum atomic E-state index is 12.7. The van der Waals surface area contributed by atoms with Crippen molar-refractivity contribution in [2.75, 3.05) is 0 Å². The van der Waals surface area contributed by atoms with Crippen molar-refractivity contribution < 1.29 is 4.79 Å². The fourth-order valence-corrected chi connectivity index (χ4v) is 2.80. The van der Waals surface area contributed by atoms with Crippen molar-refractivity contribution in [3.8, 4) is 0 Å². The van der Waals surface area contributed by atoms with Gasteiger partial charge in [0.2, 0.25) is 0 Å². The standard InChI is InChI=1S/C16H16N2O/c1-10-5-7-13(11(2)18-10)16(19)14-8-6-12-4-3-9-17-15(12)14/h3-5,7,9,14H,6,8H2,1-2H3. The molecule has 1 aliphatic carbocycles. The van der Waals surface area contributed by atoms with Gasteiger partial charge in [0.05, 0.1) is 11.6 Å². The summed E-state index contributed by atoms with van der Waals surface area (Å²) in [6, 6.07) is 7.79. The van der Waals surface area contributed by atoms with E-state index in [0.717, 1.165) is 35.5 Å². The molecule has 1 unspecified atom stereocenters. The van der Waals surface area contributed by atoms with Crippen LogP contribution in [-0.4, -0.2) is 15.8 Å². The number of carbonyl (C=O) groups excluding carboxylic acids is 1. The van der Waals surface area contributed by atoms with Gasteiger partial charge in [0, 0.05) is 23.1 Å². The van der Waals surface area contributed by atoms with Gasteiger partial charge in [-0.05, 0) is 50.5 Å². The van der Waals surface area contributed by atoms with Gasteiger partial charge in [-0.1, -0.05) is 6.07 Å². The van der Waals surface area contributed by atoms with Gasteiger partial charge >= 0.3 is 0 Å². The topological polar surface area (TPSA) is 42.9 Å². The molecule has 2 heterocycles. The number of aromatic nitrogens is 2. The zero-order chi connectivity index (χ0) is 13.4. The number of nitrogens with zero attached hydrogens (tertiary/aromatic N) is 2. The van der Waals surface area contributed by atoms with E-state index in [9.17, 15) is 4.79 Å². The molecule has 1 atom stereocenters. The number of aryl methyl sites for hydroxylation is 3. The molecule has 19 heavy (non-hydrogen) atoms.